The summed E-state index contributed by atoms with van der Waals surface area (Å²) < 4.78 is 0. The van der Waals surface area contributed by atoms with Crippen LogP contribution in [0.2, 0.25) is 0 Å². The Hall–Kier alpha value is -3.46. The molecule has 4 heteroatoms. The molecule has 0 aliphatic heterocycles. The van der Waals surface area contributed by atoms with Gasteiger partial charge in [-0.2, -0.15) is 0 Å². The third kappa shape index (κ3) is 4.86. The van der Waals surface area contributed by atoms with Gasteiger partial charge in [0.2, 0.25) is 0 Å². The molecule has 3 nitrogen and oxygen atoms in total. The van der Waals surface area contributed by atoms with Gasteiger partial charge in [0.1, 0.15) is 0 Å². The molecule has 0 N–H and O–H groups in total. The van der Waals surface area contributed by atoms with E-state index in [1.54, 1.807) is 12.4 Å². The van der Waals surface area contributed by atoms with Crippen molar-refractivity contribution < 1.29 is 20.1 Å². The predicted molar refractivity (Wildman–Crippen MR) is 137 cm³/mol. The summed E-state index contributed by atoms with van der Waals surface area (Å²) in [6, 6.07) is 32.7. The molecule has 2 aromatic carbocycles. The second kappa shape index (κ2) is 10.4. The molecule has 3 heterocycles. The minimum absolute atomic E-state index is 0. The van der Waals surface area contributed by atoms with E-state index in [0.717, 1.165) is 28.2 Å². The number of fused-ring (bicyclic) bond motifs is 3. The molecule has 3 aromatic heterocycles. The Morgan fingerprint density at radius 1 is 0.686 bits per heavy atom. The molecular weight excluding hydrogens is 607 g/mol. The van der Waals surface area contributed by atoms with Crippen molar-refractivity contribution in [1.82, 2.24) is 15.0 Å². The Morgan fingerprint density at radius 2 is 1.49 bits per heavy atom. The summed E-state index contributed by atoms with van der Waals surface area (Å²) in [7, 11) is 0. The van der Waals surface area contributed by atoms with Crippen molar-refractivity contribution in [3.63, 3.8) is 0 Å². The van der Waals surface area contributed by atoms with E-state index < -0.39 is 0 Å². The van der Waals surface area contributed by atoms with E-state index in [4.69, 9.17) is 0 Å². The van der Waals surface area contributed by atoms with Crippen molar-refractivity contribution in [1.29, 1.82) is 0 Å². The van der Waals surface area contributed by atoms with Crippen LogP contribution >= 0.6 is 0 Å². The van der Waals surface area contributed by atoms with Gasteiger partial charge >= 0.3 is 0 Å². The first kappa shape index (κ1) is 24.7. The fourth-order valence-electron chi connectivity index (χ4n) is 4.49. The first-order valence-electron chi connectivity index (χ1n) is 11.4. The van der Waals surface area contributed by atoms with Crippen LogP contribution in [0.3, 0.4) is 0 Å². The minimum atomic E-state index is 0. The molecule has 0 spiro atoms. The van der Waals surface area contributed by atoms with E-state index in [-0.39, 0.29) is 25.5 Å². The van der Waals surface area contributed by atoms with E-state index in [9.17, 15) is 0 Å². The zero-order chi connectivity index (χ0) is 23.5. The third-order valence-electron chi connectivity index (χ3n) is 6.31. The zero-order valence-corrected chi connectivity index (χ0v) is 22.3. The van der Waals surface area contributed by atoms with E-state index in [2.05, 4.69) is 71.3 Å². The summed E-state index contributed by atoms with van der Waals surface area (Å²) in [6.07, 6.45) is 5.58. The van der Waals surface area contributed by atoms with Gasteiger partial charge in [-0.3, -0.25) is 0 Å². The van der Waals surface area contributed by atoms with Crippen molar-refractivity contribution in [3.05, 3.63) is 126 Å². The van der Waals surface area contributed by atoms with Crippen LogP contribution in [0.25, 0.3) is 33.6 Å². The van der Waals surface area contributed by atoms with Gasteiger partial charge in [-0.05, 0) is 45.4 Å². The van der Waals surface area contributed by atoms with Crippen LogP contribution in [-0.4, -0.2) is 15.0 Å². The monoisotopic (exact) mass is 632 g/mol. The molecule has 175 valence electrons. The molecule has 35 heavy (non-hydrogen) atoms. The van der Waals surface area contributed by atoms with Crippen LogP contribution in [0.15, 0.2) is 97.5 Å². The van der Waals surface area contributed by atoms with Crippen LogP contribution < -0.4 is 0 Å². The zero-order valence-electron chi connectivity index (χ0n) is 19.9. The standard InChI is InChI=1S/C20H17N2.C11H8N.Ir/c1-13-14(8-6-10-21-13)19-11-16-15-7-4-5-9-17(15)20(2,3)18(16)12-22-19;1-2-6-10(7-3-1)11-8-4-5-9-12-11;/h4-7,9-12H,1-3H3;1-6,8-9H;/q2*-1;. The van der Waals surface area contributed by atoms with Crippen molar-refractivity contribution in [2.24, 2.45) is 0 Å². The number of nitrogens with zero attached hydrogens (tertiary/aromatic N) is 3. The molecule has 0 saturated carbocycles. The molecule has 0 bridgehead atoms. The topological polar surface area (TPSA) is 38.7 Å². The maximum absolute atomic E-state index is 4.69. The van der Waals surface area contributed by atoms with Crippen molar-refractivity contribution in [2.45, 2.75) is 26.2 Å². The Bertz CT molecular complexity index is 1390. The number of pyridine rings is 3. The van der Waals surface area contributed by atoms with Crippen molar-refractivity contribution in [2.75, 3.05) is 0 Å². The molecular formula is C31H25IrN3-2. The second-order valence-corrected chi connectivity index (χ2v) is 8.83. The van der Waals surface area contributed by atoms with Gasteiger partial charge in [0.05, 0.1) is 0 Å². The molecule has 6 rings (SSSR count). The van der Waals surface area contributed by atoms with E-state index >= 15 is 0 Å². The van der Waals surface area contributed by atoms with E-state index in [1.165, 1.54) is 22.3 Å². The Morgan fingerprint density at radius 3 is 2.23 bits per heavy atom. The minimum Gasteiger partial charge on any atom is -0.357 e. The van der Waals surface area contributed by atoms with Gasteiger partial charge in [0.25, 0.3) is 0 Å². The van der Waals surface area contributed by atoms with Crippen LogP contribution in [-0.2, 0) is 25.5 Å². The molecule has 1 aliphatic carbocycles. The van der Waals surface area contributed by atoms with Crippen LogP contribution in [0.4, 0.5) is 0 Å². The Kier molecular flexibility index (Phi) is 7.35. The fourth-order valence-corrected chi connectivity index (χ4v) is 4.49. The number of aromatic nitrogens is 3. The summed E-state index contributed by atoms with van der Waals surface area (Å²) in [6.45, 7) is 6.53. The fraction of sp³-hybridized carbons (Fsp3) is 0.129. The van der Waals surface area contributed by atoms with Gasteiger partial charge in [-0.1, -0.05) is 69.4 Å². The second-order valence-electron chi connectivity index (χ2n) is 8.83. The summed E-state index contributed by atoms with van der Waals surface area (Å²) in [5.74, 6) is 0. The molecule has 0 amide bonds. The first-order chi connectivity index (χ1) is 16.6. The van der Waals surface area contributed by atoms with Gasteiger partial charge in [0.15, 0.2) is 0 Å². The van der Waals surface area contributed by atoms with Gasteiger partial charge in [-0.25, -0.2) is 0 Å². The van der Waals surface area contributed by atoms with Crippen molar-refractivity contribution >= 4 is 0 Å². The largest absolute Gasteiger partial charge is 0.357 e. The van der Waals surface area contributed by atoms with Crippen LogP contribution in [0, 0.1) is 19.1 Å². The summed E-state index contributed by atoms with van der Waals surface area (Å²) in [5.41, 5.74) is 10.1. The number of hydrogen-bond acceptors (Lipinski definition) is 3. The van der Waals surface area contributed by atoms with Gasteiger partial charge < -0.3 is 15.0 Å². The molecule has 0 unspecified atom stereocenters. The normalized spacial score (nSPS) is 12.4. The number of aryl methyl sites for hydroxylation is 1. The third-order valence-corrected chi connectivity index (χ3v) is 6.31. The predicted octanol–water partition coefficient (Wildman–Crippen LogP) is 7.10. The van der Waals surface area contributed by atoms with Crippen LogP contribution in [0.1, 0.15) is 30.7 Å². The number of rotatable bonds is 2. The smallest absolute Gasteiger partial charge is 0.0207 e. The maximum Gasteiger partial charge on any atom is 0.0207 e. The van der Waals surface area contributed by atoms with Crippen LogP contribution in [0.5, 0.6) is 0 Å². The molecule has 5 aromatic rings. The molecule has 1 aliphatic rings. The summed E-state index contributed by atoms with van der Waals surface area (Å²) in [4.78, 5) is 13.3. The van der Waals surface area contributed by atoms with E-state index in [0.29, 0.717) is 0 Å². The van der Waals surface area contributed by atoms with Gasteiger partial charge in [0, 0.05) is 37.9 Å². The Balaban J connectivity index is 0.000000189. The van der Waals surface area contributed by atoms with Gasteiger partial charge in [-0.15, -0.1) is 53.6 Å². The molecule has 0 saturated heterocycles. The van der Waals surface area contributed by atoms with Crippen molar-refractivity contribution in [3.8, 4) is 33.6 Å². The molecule has 0 atom stereocenters. The van der Waals surface area contributed by atoms with E-state index in [1.807, 2.05) is 61.7 Å². The summed E-state index contributed by atoms with van der Waals surface area (Å²) >= 11 is 0. The average Bonchev–Trinajstić information content (AvgIpc) is 3.12. The summed E-state index contributed by atoms with van der Waals surface area (Å²) in [5, 5.41) is 0. The number of hydrogen-bond donors (Lipinski definition) is 0. The SMILES string of the molecule is Cc1ncc[c-]c1-c1cc2c(cn1)C(C)(C)c1ccccc1-2.[Ir].[c-]1ccccc1-c1ccccn1. The maximum atomic E-state index is 4.69. The Labute approximate surface area is 220 Å². The average molecular weight is 632 g/mol. The molecule has 1 radical (unpaired) electrons. The molecule has 0 fully saturated rings. The number of benzene rings is 2. The quantitative estimate of drug-likeness (QED) is 0.195. The first-order valence-corrected chi connectivity index (χ1v) is 11.4.